The van der Waals surface area contributed by atoms with Gasteiger partial charge in [-0.3, -0.25) is 0 Å². The van der Waals surface area contributed by atoms with E-state index in [-0.39, 0.29) is 0 Å². The number of nitrogens with two attached hydrogens (primary N) is 1. The molecule has 0 aliphatic rings. The largest absolute Gasteiger partial charge is 0.497 e. The SMILES string of the molecule is COc1cccc(COc2c(C)cc(Br)cc2N)c1. The van der Waals surface area contributed by atoms with E-state index in [1.807, 2.05) is 43.3 Å². The fraction of sp³-hybridized carbons (Fsp3) is 0.200. The van der Waals surface area contributed by atoms with E-state index in [0.717, 1.165) is 27.1 Å². The summed E-state index contributed by atoms with van der Waals surface area (Å²) in [4.78, 5) is 0. The standard InChI is InChI=1S/C15H16BrNO2/c1-10-6-12(16)8-14(17)15(10)19-9-11-4-3-5-13(7-11)18-2/h3-8H,9,17H2,1-2H3. The summed E-state index contributed by atoms with van der Waals surface area (Å²) in [6, 6.07) is 11.6. The molecule has 2 aromatic rings. The summed E-state index contributed by atoms with van der Waals surface area (Å²) >= 11 is 3.41. The molecule has 0 amide bonds. The predicted molar refractivity (Wildman–Crippen MR) is 80.6 cm³/mol. The van der Waals surface area contributed by atoms with Crippen LogP contribution in [-0.4, -0.2) is 7.11 Å². The van der Waals surface area contributed by atoms with Crippen LogP contribution in [0.15, 0.2) is 40.9 Å². The summed E-state index contributed by atoms with van der Waals surface area (Å²) in [7, 11) is 1.65. The van der Waals surface area contributed by atoms with Crippen LogP contribution in [0, 0.1) is 6.92 Å². The van der Waals surface area contributed by atoms with Gasteiger partial charge in [0.1, 0.15) is 18.1 Å². The zero-order valence-corrected chi connectivity index (χ0v) is 12.5. The van der Waals surface area contributed by atoms with Gasteiger partial charge >= 0.3 is 0 Å². The number of anilines is 1. The Morgan fingerprint density at radius 2 is 2.00 bits per heavy atom. The molecule has 2 N–H and O–H groups in total. The van der Waals surface area contributed by atoms with Crippen molar-refractivity contribution in [2.45, 2.75) is 13.5 Å². The minimum atomic E-state index is 0.462. The second-order valence-corrected chi connectivity index (χ2v) is 5.20. The highest BCUT2D eigenvalue weighted by atomic mass is 79.9. The summed E-state index contributed by atoms with van der Waals surface area (Å²) in [6.45, 7) is 2.44. The van der Waals surface area contributed by atoms with E-state index in [2.05, 4.69) is 15.9 Å². The average molecular weight is 322 g/mol. The first kappa shape index (κ1) is 13.7. The van der Waals surface area contributed by atoms with Gasteiger partial charge < -0.3 is 15.2 Å². The Morgan fingerprint density at radius 3 is 2.68 bits per heavy atom. The number of aryl methyl sites for hydroxylation is 1. The quantitative estimate of drug-likeness (QED) is 0.868. The van der Waals surface area contributed by atoms with Crippen LogP contribution in [0.2, 0.25) is 0 Å². The zero-order valence-electron chi connectivity index (χ0n) is 10.9. The molecule has 0 spiro atoms. The molecule has 0 fully saturated rings. The van der Waals surface area contributed by atoms with Gasteiger partial charge in [0.15, 0.2) is 0 Å². The second kappa shape index (κ2) is 5.97. The topological polar surface area (TPSA) is 44.5 Å². The first-order valence-electron chi connectivity index (χ1n) is 5.91. The van der Waals surface area contributed by atoms with Crippen molar-refractivity contribution >= 4 is 21.6 Å². The summed E-state index contributed by atoms with van der Waals surface area (Å²) in [5, 5.41) is 0. The molecule has 2 rings (SSSR count). The lowest BCUT2D eigenvalue weighted by atomic mass is 10.2. The molecule has 0 bridgehead atoms. The van der Waals surface area contributed by atoms with Crippen LogP contribution in [0.3, 0.4) is 0 Å². The molecule has 2 aromatic carbocycles. The van der Waals surface area contributed by atoms with Gasteiger partial charge in [0.2, 0.25) is 0 Å². The Hall–Kier alpha value is -1.68. The minimum absolute atomic E-state index is 0.462. The highest BCUT2D eigenvalue weighted by Crippen LogP contribution is 2.30. The van der Waals surface area contributed by atoms with E-state index in [9.17, 15) is 0 Å². The van der Waals surface area contributed by atoms with Gasteiger partial charge in [-0.1, -0.05) is 28.1 Å². The average Bonchev–Trinajstić information content (AvgIpc) is 2.37. The smallest absolute Gasteiger partial charge is 0.145 e. The lowest BCUT2D eigenvalue weighted by Crippen LogP contribution is -2.01. The number of benzene rings is 2. The number of nitrogen functional groups attached to an aromatic ring is 1. The molecule has 3 nitrogen and oxygen atoms in total. The molecule has 0 saturated heterocycles. The molecule has 0 atom stereocenters. The first-order chi connectivity index (χ1) is 9.10. The van der Waals surface area contributed by atoms with E-state index in [4.69, 9.17) is 15.2 Å². The number of methoxy groups -OCH3 is 1. The molecule has 4 heteroatoms. The summed E-state index contributed by atoms with van der Waals surface area (Å²) < 4.78 is 11.9. The molecule has 19 heavy (non-hydrogen) atoms. The van der Waals surface area contributed by atoms with Crippen molar-refractivity contribution in [3.63, 3.8) is 0 Å². The maximum Gasteiger partial charge on any atom is 0.145 e. The van der Waals surface area contributed by atoms with Gasteiger partial charge in [-0.05, 0) is 42.3 Å². The molecule has 0 heterocycles. The lowest BCUT2D eigenvalue weighted by molar-refractivity contribution is 0.305. The van der Waals surface area contributed by atoms with Gasteiger partial charge in [0.05, 0.1) is 12.8 Å². The molecule has 0 unspecified atom stereocenters. The normalized spacial score (nSPS) is 10.3. The second-order valence-electron chi connectivity index (χ2n) is 4.28. The molecule has 0 aliphatic carbocycles. The number of hydrogen-bond acceptors (Lipinski definition) is 3. The van der Waals surface area contributed by atoms with Crippen molar-refractivity contribution < 1.29 is 9.47 Å². The van der Waals surface area contributed by atoms with Crippen LogP contribution in [0.5, 0.6) is 11.5 Å². The van der Waals surface area contributed by atoms with Crippen LogP contribution in [0.25, 0.3) is 0 Å². The Morgan fingerprint density at radius 1 is 1.21 bits per heavy atom. The van der Waals surface area contributed by atoms with E-state index >= 15 is 0 Å². The predicted octanol–water partition coefficient (Wildman–Crippen LogP) is 3.93. The minimum Gasteiger partial charge on any atom is -0.497 e. The van der Waals surface area contributed by atoms with Crippen LogP contribution >= 0.6 is 15.9 Å². The van der Waals surface area contributed by atoms with Gasteiger partial charge in [-0.15, -0.1) is 0 Å². The molecular weight excluding hydrogens is 306 g/mol. The first-order valence-corrected chi connectivity index (χ1v) is 6.71. The van der Waals surface area contributed by atoms with Gasteiger partial charge in [0, 0.05) is 4.47 Å². The molecular formula is C15H16BrNO2. The molecule has 0 aromatic heterocycles. The fourth-order valence-corrected chi connectivity index (χ4v) is 2.46. The van der Waals surface area contributed by atoms with E-state index in [1.165, 1.54) is 0 Å². The van der Waals surface area contributed by atoms with E-state index in [1.54, 1.807) is 7.11 Å². The van der Waals surface area contributed by atoms with Crippen LogP contribution in [-0.2, 0) is 6.61 Å². The Kier molecular flexibility index (Phi) is 4.32. The number of halogens is 1. The molecule has 0 radical (unpaired) electrons. The number of ether oxygens (including phenoxy) is 2. The van der Waals surface area contributed by atoms with Crippen LogP contribution in [0.4, 0.5) is 5.69 Å². The van der Waals surface area contributed by atoms with Crippen LogP contribution in [0.1, 0.15) is 11.1 Å². The number of rotatable bonds is 4. The van der Waals surface area contributed by atoms with Crippen molar-refractivity contribution in [1.29, 1.82) is 0 Å². The summed E-state index contributed by atoms with van der Waals surface area (Å²) in [5.41, 5.74) is 8.65. The summed E-state index contributed by atoms with van der Waals surface area (Å²) in [6.07, 6.45) is 0. The fourth-order valence-electron chi connectivity index (χ4n) is 1.87. The summed E-state index contributed by atoms with van der Waals surface area (Å²) in [5.74, 6) is 1.55. The van der Waals surface area contributed by atoms with Crippen molar-refractivity contribution in [3.05, 3.63) is 52.0 Å². The zero-order chi connectivity index (χ0) is 13.8. The molecule has 100 valence electrons. The van der Waals surface area contributed by atoms with E-state index < -0.39 is 0 Å². The third-order valence-electron chi connectivity index (χ3n) is 2.79. The maximum atomic E-state index is 5.96. The Balaban J connectivity index is 2.14. The third-order valence-corrected chi connectivity index (χ3v) is 3.24. The van der Waals surface area contributed by atoms with Crippen molar-refractivity contribution in [2.24, 2.45) is 0 Å². The Labute approximate surface area is 121 Å². The number of hydrogen-bond donors (Lipinski definition) is 1. The monoisotopic (exact) mass is 321 g/mol. The van der Waals surface area contributed by atoms with Crippen molar-refractivity contribution in [1.82, 2.24) is 0 Å². The van der Waals surface area contributed by atoms with Gasteiger partial charge in [-0.25, -0.2) is 0 Å². The van der Waals surface area contributed by atoms with E-state index in [0.29, 0.717) is 12.3 Å². The van der Waals surface area contributed by atoms with Gasteiger partial charge in [0.25, 0.3) is 0 Å². The van der Waals surface area contributed by atoms with Crippen LogP contribution < -0.4 is 15.2 Å². The maximum absolute atomic E-state index is 5.96. The highest BCUT2D eigenvalue weighted by Gasteiger charge is 2.07. The highest BCUT2D eigenvalue weighted by molar-refractivity contribution is 9.10. The Bertz CT molecular complexity index is 561. The van der Waals surface area contributed by atoms with Crippen molar-refractivity contribution in [3.8, 4) is 11.5 Å². The van der Waals surface area contributed by atoms with Crippen molar-refractivity contribution in [2.75, 3.05) is 12.8 Å². The third kappa shape index (κ3) is 3.41. The molecule has 0 saturated carbocycles. The van der Waals surface area contributed by atoms with Gasteiger partial charge in [-0.2, -0.15) is 0 Å². The molecule has 0 aliphatic heterocycles. The lowest BCUT2D eigenvalue weighted by Gasteiger charge is -2.13.